The second-order valence-electron chi connectivity index (χ2n) is 3.89. The predicted octanol–water partition coefficient (Wildman–Crippen LogP) is 1.36. The molecule has 0 radical (unpaired) electrons. The molecular formula is C10H16N2O. The first-order chi connectivity index (χ1) is 6.20. The lowest BCUT2D eigenvalue weighted by Crippen LogP contribution is -2.14. The van der Waals surface area contributed by atoms with Gasteiger partial charge in [0.05, 0.1) is 6.10 Å². The summed E-state index contributed by atoms with van der Waals surface area (Å²) in [6.07, 6.45) is 4.91. The fourth-order valence-electron chi connectivity index (χ4n) is 2.15. The number of aliphatic hydroxyl groups is 1. The van der Waals surface area contributed by atoms with Crippen LogP contribution in [0.3, 0.4) is 0 Å². The molecule has 0 aliphatic heterocycles. The Morgan fingerprint density at radius 1 is 1.54 bits per heavy atom. The highest BCUT2D eigenvalue weighted by molar-refractivity contribution is 5.13. The van der Waals surface area contributed by atoms with Gasteiger partial charge in [0.25, 0.3) is 0 Å². The molecule has 0 aromatic carbocycles. The van der Waals surface area contributed by atoms with E-state index in [2.05, 4.69) is 9.55 Å². The summed E-state index contributed by atoms with van der Waals surface area (Å²) < 4.78 is 2.08. The van der Waals surface area contributed by atoms with Crippen molar-refractivity contribution in [1.29, 1.82) is 0 Å². The Labute approximate surface area is 78.4 Å². The smallest absolute Gasteiger partial charge is 0.105 e. The number of hydrogen-bond acceptors (Lipinski definition) is 2. The zero-order chi connectivity index (χ0) is 9.42. The number of rotatable bonds is 1. The van der Waals surface area contributed by atoms with Crippen molar-refractivity contribution in [3.05, 3.63) is 17.7 Å². The van der Waals surface area contributed by atoms with E-state index >= 15 is 0 Å². The monoisotopic (exact) mass is 180 g/mol. The van der Waals surface area contributed by atoms with Gasteiger partial charge in [0.15, 0.2) is 0 Å². The molecule has 0 spiro atoms. The third kappa shape index (κ3) is 1.37. The number of nitrogens with zero attached hydrogens (tertiary/aromatic N) is 2. The molecule has 1 saturated carbocycles. The quantitative estimate of drug-likeness (QED) is 0.708. The van der Waals surface area contributed by atoms with E-state index in [-0.39, 0.29) is 6.10 Å². The van der Waals surface area contributed by atoms with E-state index in [1.54, 1.807) is 0 Å². The average molecular weight is 180 g/mol. The zero-order valence-corrected chi connectivity index (χ0v) is 8.20. The maximum atomic E-state index is 9.73. The molecule has 3 nitrogen and oxygen atoms in total. The summed E-state index contributed by atoms with van der Waals surface area (Å²) >= 11 is 0. The molecule has 0 amide bonds. The summed E-state index contributed by atoms with van der Waals surface area (Å²) in [6.45, 7) is 1.99. The molecule has 2 rings (SSSR count). The molecule has 1 N–H and O–H groups in total. The molecule has 0 saturated heterocycles. The maximum Gasteiger partial charge on any atom is 0.105 e. The summed E-state index contributed by atoms with van der Waals surface area (Å²) in [5, 5.41) is 9.73. The van der Waals surface area contributed by atoms with Gasteiger partial charge in [-0.05, 0) is 19.8 Å². The Hall–Kier alpha value is -0.830. The molecule has 2 unspecified atom stereocenters. The van der Waals surface area contributed by atoms with Crippen LogP contribution in [-0.2, 0) is 7.05 Å². The number of imidazole rings is 1. The van der Waals surface area contributed by atoms with Crippen molar-refractivity contribution in [3.63, 3.8) is 0 Å². The molecule has 1 aromatic heterocycles. The van der Waals surface area contributed by atoms with Gasteiger partial charge in [0.1, 0.15) is 5.82 Å². The largest absolute Gasteiger partial charge is 0.392 e. The van der Waals surface area contributed by atoms with Gasteiger partial charge >= 0.3 is 0 Å². The van der Waals surface area contributed by atoms with Crippen molar-refractivity contribution in [2.45, 2.75) is 38.2 Å². The predicted molar refractivity (Wildman–Crippen MR) is 50.5 cm³/mol. The summed E-state index contributed by atoms with van der Waals surface area (Å²) in [7, 11) is 2.02. The lowest BCUT2D eigenvalue weighted by Gasteiger charge is -2.14. The molecule has 1 fully saturated rings. The van der Waals surface area contributed by atoms with E-state index < -0.39 is 0 Å². The highest BCUT2D eigenvalue weighted by Crippen LogP contribution is 2.34. The lowest BCUT2D eigenvalue weighted by molar-refractivity contribution is 0.161. The first-order valence-electron chi connectivity index (χ1n) is 4.86. The third-order valence-electron chi connectivity index (χ3n) is 3.12. The standard InChI is InChI=1S/C10H16N2O/c1-7-11-6-9(12(7)2)8-4-3-5-10(8)13/h6,8,10,13H,3-5H2,1-2H3. The van der Waals surface area contributed by atoms with Crippen LogP contribution in [0, 0.1) is 6.92 Å². The number of aliphatic hydroxyl groups excluding tert-OH is 1. The van der Waals surface area contributed by atoms with E-state index in [1.807, 2.05) is 20.2 Å². The normalized spacial score (nSPS) is 28.2. The zero-order valence-electron chi connectivity index (χ0n) is 8.20. The minimum absolute atomic E-state index is 0.158. The van der Waals surface area contributed by atoms with Crippen LogP contribution in [0.1, 0.15) is 36.7 Å². The average Bonchev–Trinajstić information content (AvgIpc) is 2.62. The molecule has 72 valence electrons. The first kappa shape index (κ1) is 8.75. The van der Waals surface area contributed by atoms with Crippen molar-refractivity contribution < 1.29 is 5.11 Å². The summed E-state index contributed by atoms with van der Waals surface area (Å²) in [4.78, 5) is 4.25. The van der Waals surface area contributed by atoms with Gasteiger partial charge in [0, 0.05) is 24.9 Å². The van der Waals surface area contributed by atoms with E-state index in [9.17, 15) is 5.11 Å². The highest BCUT2D eigenvalue weighted by atomic mass is 16.3. The Morgan fingerprint density at radius 3 is 2.77 bits per heavy atom. The van der Waals surface area contributed by atoms with Crippen LogP contribution in [0.4, 0.5) is 0 Å². The minimum atomic E-state index is -0.158. The molecule has 13 heavy (non-hydrogen) atoms. The Balaban J connectivity index is 2.29. The van der Waals surface area contributed by atoms with Gasteiger partial charge in [-0.2, -0.15) is 0 Å². The molecule has 3 heteroatoms. The van der Waals surface area contributed by atoms with E-state index in [1.165, 1.54) is 5.69 Å². The van der Waals surface area contributed by atoms with Crippen LogP contribution >= 0.6 is 0 Å². The lowest BCUT2D eigenvalue weighted by atomic mass is 10.0. The summed E-state index contributed by atoms with van der Waals surface area (Å²) in [6, 6.07) is 0. The Kier molecular flexibility index (Phi) is 2.12. The van der Waals surface area contributed by atoms with Crippen LogP contribution in [0.5, 0.6) is 0 Å². The van der Waals surface area contributed by atoms with Crippen molar-refractivity contribution in [2.24, 2.45) is 7.05 Å². The van der Waals surface area contributed by atoms with E-state index in [4.69, 9.17) is 0 Å². The fraction of sp³-hybridized carbons (Fsp3) is 0.700. The van der Waals surface area contributed by atoms with Gasteiger partial charge in [-0.15, -0.1) is 0 Å². The molecule has 2 atom stereocenters. The van der Waals surface area contributed by atoms with Crippen molar-refractivity contribution >= 4 is 0 Å². The first-order valence-corrected chi connectivity index (χ1v) is 4.86. The van der Waals surface area contributed by atoms with Crippen LogP contribution < -0.4 is 0 Å². The van der Waals surface area contributed by atoms with Gasteiger partial charge in [-0.3, -0.25) is 0 Å². The molecule has 1 aliphatic rings. The number of hydrogen-bond donors (Lipinski definition) is 1. The van der Waals surface area contributed by atoms with Crippen molar-refractivity contribution in [1.82, 2.24) is 9.55 Å². The molecule has 1 aliphatic carbocycles. The van der Waals surface area contributed by atoms with E-state index in [0.717, 1.165) is 25.1 Å². The topological polar surface area (TPSA) is 38.1 Å². The van der Waals surface area contributed by atoms with Gasteiger partial charge in [0.2, 0.25) is 0 Å². The van der Waals surface area contributed by atoms with Crippen LogP contribution in [-0.4, -0.2) is 20.8 Å². The van der Waals surface area contributed by atoms with Crippen LogP contribution in [0.25, 0.3) is 0 Å². The number of aryl methyl sites for hydroxylation is 1. The second kappa shape index (κ2) is 3.14. The SMILES string of the molecule is Cc1ncc(C2CCCC2O)n1C. The summed E-state index contributed by atoms with van der Waals surface area (Å²) in [5.74, 6) is 1.33. The molecule has 1 heterocycles. The molecular weight excluding hydrogens is 164 g/mol. The fourth-order valence-corrected chi connectivity index (χ4v) is 2.15. The van der Waals surface area contributed by atoms with Crippen LogP contribution in [0.15, 0.2) is 6.20 Å². The van der Waals surface area contributed by atoms with Gasteiger partial charge in [-0.1, -0.05) is 6.42 Å². The Morgan fingerprint density at radius 2 is 2.31 bits per heavy atom. The second-order valence-corrected chi connectivity index (χ2v) is 3.89. The van der Waals surface area contributed by atoms with Gasteiger partial charge < -0.3 is 9.67 Å². The maximum absolute atomic E-state index is 9.73. The van der Waals surface area contributed by atoms with Crippen LogP contribution in [0.2, 0.25) is 0 Å². The summed E-state index contributed by atoms with van der Waals surface area (Å²) in [5.41, 5.74) is 1.18. The molecule has 0 bridgehead atoms. The van der Waals surface area contributed by atoms with Crippen molar-refractivity contribution in [3.8, 4) is 0 Å². The number of aromatic nitrogens is 2. The Bertz CT molecular complexity index is 306. The highest BCUT2D eigenvalue weighted by Gasteiger charge is 2.28. The van der Waals surface area contributed by atoms with E-state index in [0.29, 0.717) is 5.92 Å². The van der Waals surface area contributed by atoms with Gasteiger partial charge in [-0.25, -0.2) is 4.98 Å². The van der Waals surface area contributed by atoms with Crippen molar-refractivity contribution in [2.75, 3.05) is 0 Å². The third-order valence-corrected chi connectivity index (χ3v) is 3.12. The minimum Gasteiger partial charge on any atom is -0.392 e. The molecule has 1 aromatic rings.